The third-order valence-corrected chi connectivity index (χ3v) is 4.86. The Morgan fingerprint density at radius 3 is 2.42 bits per heavy atom. The number of pyridine rings is 1. The minimum absolute atomic E-state index is 0.0476. The van der Waals surface area contributed by atoms with Crippen LogP contribution in [0, 0.1) is 0 Å². The Balaban J connectivity index is 1.93. The number of carboxylic acid groups (broad SMARTS) is 1. The van der Waals surface area contributed by atoms with E-state index >= 15 is 0 Å². The minimum Gasteiger partial charge on any atom is -0.481 e. The van der Waals surface area contributed by atoms with Gasteiger partial charge in [0.2, 0.25) is 5.88 Å². The molecule has 8 heteroatoms. The molecule has 0 aliphatic rings. The van der Waals surface area contributed by atoms with Gasteiger partial charge in [0.05, 0.1) is 12.7 Å². The number of alkyl halides is 3. The van der Waals surface area contributed by atoms with Gasteiger partial charge in [0.25, 0.3) is 0 Å². The van der Waals surface area contributed by atoms with Crippen molar-refractivity contribution in [2.75, 3.05) is 19.1 Å². The van der Waals surface area contributed by atoms with Crippen molar-refractivity contribution in [3.05, 3.63) is 71.9 Å². The number of hydrogen-bond acceptors (Lipinski definition) is 4. The van der Waals surface area contributed by atoms with Crippen LogP contribution in [0.3, 0.4) is 0 Å². The zero-order chi connectivity index (χ0) is 22.6. The molecule has 2 aromatic carbocycles. The van der Waals surface area contributed by atoms with Crippen LogP contribution in [0.1, 0.15) is 17.5 Å². The van der Waals surface area contributed by atoms with E-state index in [0.717, 1.165) is 23.4 Å². The van der Waals surface area contributed by atoms with Crippen molar-refractivity contribution in [1.29, 1.82) is 0 Å². The normalized spacial score (nSPS) is 11.3. The maximum absolute atomic E-state index is 13.1. The van der Waals surface area contributed by atoms with Crippen LogP contribution in [0.5, 0.6) is 5.88 Å². The van der Waals surface area contributed by atoms with Crippen molar-refractivity contribution in [3.8, 4) is 17.0 Å². The molecule has 31 heavy (non-hydrogen) atoms. The largest absolute Gasteiger partial charge is 0.481 e. The second-order valence-electron chi connectivity index (χ2n) is 6.95. The molecule has 1 N–H and O–H groups in total. The van der Waals surface area contributed by atoms with Crippen LogP contribution in [0.4, 0.5) is 24.5 Å². The lowest BCUT2D eigenvalue weighted by atomic mass is 10.0. The molecule has 0 aliphatic heterocycles. The number of rotatable bonds is 7. The summed E-state index contributed by atoms with van der Waals surface area (Å²) in [4.78, 5) is 16.8. The smallest absolute Gasteiger partial charge is 0.416 e. The second-order valence-corrected chi connectivity index (χ2v) is 6.95. The van der Waals surface area contributed by atoms with E-state index < -0.39 is 17.7 Å². The molecule has 0 fully saturated rings. The zero-order valence-corrected chi connectivity index (χ0v) is 17.0. The highest BCUT2D eigenvalue weighted by Gasteiger charge is 2.30. The molecule has 0 unspecified atom stereocenters. The molecule has 0 amide bonds. The Bertz CT molecular complexity index is 1070. The van der Waals surface area contributed by atoms with Crippen LogP contribution in [-0.2, 0) is 17.4 Å². The summed E-state index contributed by atoms with van der Waals surface area (Å²) in [5.74, 6) is -0.531. The van der Waals surface area contributed by atoms with E-state index in [4.69, 9.17) is 9.84 Å². The number of anilines is 2. The van der Waals surface area contributed by atoms with Gasteiger partial charge >= 0.3 is 12.1 Å². The van der Waals surface area contributed by atoms with E-state index in [2.05, 4.69) is 4.98 Å². The number of ether oxygens (including phenoxy) is 1. The number of aryl methyl sites for hydroxylation is 1. The van der Waals surface area contributed by atoms with E-state index in [1.807, 2.05) is 29.2 Å². The van der Waals surface area contributed by atoms with Gasteiger partial charge in [0, 0.05) is 30.9 Å². The van der Waals surface area contributed by atoms with Crippen molar-refractivity contribution in [1.82, 2.24) is 4.98 Å². The summed E-state index contributed by atoms with van der Waals surface area (Å²) in [5, 5.41) is 8.81. The van der Waals surface area contributed by atoms with Crippen molar-refractivity contribution in [2.45, 2.75) is 19.0 Å². The molecule has 0 spiro atoms. The van der Waals surface area contributed by atoms with E-state index in [1.54, 1.807) is 19.2 Å². The predicted molar refractivity (Wildman–Crippen MR) is 112 cm³/mol. The fourth-order valence-electron chi connectivity index (χ4n) is 3.15. The Labute approximate surface area is 177 Å². The van der Waals surface area contributed by atoms with Crippen LogP contribution in [-0.4, -0.2) is 30.2 Å². The molecule has 3 aromatic rings. The van der Waals surface area contributed by atoms with Gasteiger partial charge in [0.15, 0.2) is 0 Å². The molecule has 3 rings (SSSR count). The van der Waals surface area contributed by atoms with Gasteiger partial charge in [0.1, 0.15) is 5.69 Å². The molecular formula is C23H21F3N2O3. The third kappa shape index (κ3) is 5.33. The van der Waals surface area contributed by atoms with Crippen molar-refractivity contribution in [3.63, 3.8) is 0 Å². The van der Waals surface area contributed by atoms with Gasteiger partial charge in [-0.1, -0.05) is 24.3 Å². The highest BCUT2D eigenvalue weighted by molar-refractivity contribution is 5.75. The van der Waals surface area contributed by atoms with Crippen LogP contribution in [0.15, 0.2) is 60.8 Å². The van der Waals surface area contributed by atoms with Gasteiger partial charge in [-0.3, -0.25) is 4.79 Å². The number of carbonyl (C=O) groups is 1. The number of nitrogens with zero attached hydrogens (tertiary/aromatic N) is 2. The SMILES string of the molecule is COc1ncc(-c2cccc(C(F)(F)F)c2)cc1N(C)c1ccc(CCC(=O)O)cc1. The first-order valence-corrected chi connectivity index (χ1v) is 9.45. The van der Waals surface area contributed by atoms with Crippen LogP contribution in [0.25, 0.3) is 11.1 Å². The number of benzene rings is 2. The topological polar surface area (TPSA) is 62.7 Å². The van der Waals surface area contributed by atoms with E-state index in [0.29, 0.717) is 29.1 Å². The molecule has 0 radical (unpaired) electrons. The minimum atomic E-state index is -4.43. The average Bonchev–Trinajstić information content (AvgIpc) is 2.76. The van der Waals surface area contributed by atoms with Crippen LogP contribution in [0.2, 0.25) is 0 Å². The molecule has 0 aliphatic carbocycles. The van der Waals surface area contributed by atoms with Gasteiger partial charge in [-0.05, 0) is 47.9 Å². The summed E-state index contributed by atoms with van der Waals surface area (Å²) in [6.07, 6.45) is -2.49. The third-order valence-electron chi connectivity index (χ3n) is 4.86. The van der Waals surface area contributed by atoms with E-state index in [-0.39, 0.29) is 6.42 Å². The maximum Gasteiger partial charge on any atom is 0.416 e. The van der Waals surface area contributed by atoms with Crippen LogP contribution >= 0.6 is 0 Å². The van der Waals surface area contributed by atoms with Crippen LogP contribution < -0.4 is 9.64 Å². The molecule has 162 valence electrons. The summed E-state index contributed by atoms with van der Waals surface area (Å²) in [5.41, 5.74) is 2.45. The maximum atomic E-state index is 13.1. The zero-order valence-electron chi connectivity index (χ0n) is 17.0. The molecule has 1 aromatic heterocycles. The molecular weight excluding hydrogens is 409 g/mol. The molecule has 0 atom stereocenters. The summed E-state index contributed by atoms with van der Waals surface area (Å²) >= 11 is 0. The first-order chi connectivity index (χ1) is 14.7. The Hall–Kier alpha value is -3.55. The van der Waals surface area contributed by atoms with Gasteiger partial charge < -0.3 is 14.7 Å². The first-order valence-electron chi connectivity index (χ1n) is 9.45. The van der Waals surface area contributed by atoms with Crippen molar-refractivity contribution < 1.29 is 27.8 Å². The standard InChI is InChI=1S/C23H21F3N2O3/c1-28(19-9-6-15(7-10-19)8-11-21(29)30)20-13-17(14-27-22(20)31-2)16-4-3-5-18(12-16)23(24,25)26/h3-7,9-10,12-14H,8,11H2,1-2H3,(H,29,30). The molecule has 0 bridgehead atoms. The molecule has 5 nitrogen and oxygen atoms in total. The molecule has 0 saturated heterocycles. The lowest BCUT2D eigenvalue weighted by Crippen LogP contribution is -2.12. The van der Waals surface area contributed by atoms with Gasteiger partial charge in [-0.25, -0.2) is 4.98 Å². The predicted octanol–water partition coefficient (Wildman–Crippen LogP) is 5.56. The van der Waals surface area contributed by atoms with Crippen molar-refractivity contribution >= 4 is 17.3 Å². The fraction of sp³-hybridized carbons (Fsp3) is 0.217. The first kappa shape index (κ1) is 22.1. The highest BCUT2D eigenvalue weighted by atomic mass is 19.4. The van der Waals surface area contributed by atoms with Crippen molar-refractivity contribution in [2.24, 2.45) is 0 Å². The number of aliphatic carboxylic acids is 1. The summed E-state index contributed by atoms with van der Waals surface area (Å²) in [6.45, 7) is 0. The highest BCUT2D eigenvalue weighted by Crippen LogP contribution is 2.36. The Kier molecular flexibility index (Phi) is 6.48. The number of carboxylic acids is 1. The number of aromatic nitrogens is 1. The average molecular weight is 430 g/mol. The van der Waals surface area contributed by atoms with E-state index in [1.165, 1.54) is 19.4 Å². The fourth-order valence-corrected chi connectivity index (χ4v) is 3.15. The molecule has 0 saturated carbocycles. The lowest BCUT2D eigenvalue weighted by Gasteiger charge is -2.22. The monoisotopic (exact) mass is 430 g/mol. The number of methoxy groups -OCH3 is 1. The van der Waals surface area contributed by atoms with E-state index in [9.17, 15) is 18.0 Å². The molecule has 1 heterocycles. The van der Waals surface area contributed by atoms with Gasteiger partial charge in [-0.2, -0.15) is 13.2 Å². The number of halogens is 3. The Morgan fingerprint density at radius 1 is 1.10 bits per heavy atom. The van der Waals surface area contributed by atoms with Gasteiger partial charge in [-0.15, -0.1) is 0 Å². The Morgan fingerprint density at radius 2 is 1.81 bits per heavy atom. The quantitative estimate of drug-likeness (QED) is 0.532. The second kappa shape index (κ2) is 9.07. The summed E-state index contributed by atoms with van der Waals surface area (Å²) < 4.78 is 44.6. The summed E-state index contributed by atoms with van der Waals surface area (Å²) in [6, 6.07) is 14.2. The summed E-state index contributed by atoms with van der Waals surface area (Å²) in [7, 11) is 3.26. The lowest BCUT2D eigenvalue weighted by molar-refractivity contribution is -0.138. The number of hydrogen-bond donors (Lipinski definition) is 1.